The number of hydrogen-bond donors (Lipinski definition) is 15. The van der Waals surface area contributed by atoms with Gasteiger partial charge in [-0.05, 0) is 67.6 Å². The van der Waals surface area contributed by atoms with Crippen LogP contribution >= 0.6 is 0 Å². The number of fused-ring (bicyclic) bond motifs is 7. The maximum Gasteiger partial charge on any atom is 0.187 e. The van der Waals surface area contributed by atoms with Crippen molar-refractivity contribution in [2.24, 2.45) is 46.3 Å². The van der Waals surface area contributed by atoms with Crippen molar-refractivity contribution < 1.29 is 124 Å². The first-order valence-electron chi connectivity index (χ1n) is 27.0. The fourth-order valence-electron chi connectivity index (χ4n) is 14.7. The summed E-state index contributed by atoms with van der Waals surface area (Å²) in [5.41, 5.74) is 0.00157. The molecule has 25 heteroatoms. The number of aliphatic hydroxyl groups is 15. The Morgan fingerprint density at radius 3 is 1.80 bits per heavy atom. The number of allylic oxidation sites excluding steroid dienone is 1. The molecule has 5 aliphatic heterocycles. The number of hydrogen-bond acceptors (Lipinski definition) is 25. The maximum atomic E-state index is 14.7. The molecule has 0 aromatic heterocycles. The molecule has 0 spiro atoms. The summed E-state index contributed by atoms with van der Waals surface area (Å²) in [5, 5.41) is 159. The summed E-state index contributed by atoms with van der Waals surface area (Å²) in [6.45, 7) is 5.20. The van der Waals surface area contributed by atoms with Gasteiger partial charge in [0.25, 0.3) is 0 Å². The van der Waals surface area contributed by atoms with Crippen LogP contribution < -0.4 is 0 Å². The first kappa shape index (κ1) is 59.1. The lowest BCUT2D eigenvalue weighted by Crippen LogP contribution is -2.67. The zero-order chi connectivity index (χ0) is 55.1. The Hall–Kier alpha value is -1.55. The largest absolute Gasteiger partial charge is 0.394 e. The number of aliphatic hydroxyl groups excluding tert-OH is 14. The summed E-state index contributed by atoms with van der Waals surface area (Å²) in [5.74, 6) is -1.91. The van der Waals surface area contributed by atoms with Gasteiger partial charge in [0.05, 0.1) is 45.2 Å². The van der Waals surface area contributed by atoms with E-state index in [2.05, 4.69) is 13.0 Å². The minimum absolute atomic E-state index is 0.00416. The summed E-state index contributed by atoms with van der Waals surface area (Å²) in [6, 6.07) is 0. The molecule has 0 bridgehead atoms. The van der Waals surface area contributed by atoms with E-state index >= 15 is 0 Å². The standard InChI is InChI=1S/C51H82O25/c1-19(18-68-45-40(64)36(60)33(57)27(14-52)70-45)7-10-51(67)20(2)32-26(76-51)12-25-23-6-5-21-11-22(8-9-49(21,3)24(23)13-31(56)50(25,32)4)69-46-42(66)39(63)43(30(17-55)73-46)74-48-44(38(62)35(59)29(16-54)72-48)75-47-41(65)37(61)34(58)28(15-53)71-47/h5,19-20,22-30,32-48,52-55,57-67H,6-18H2,1-4H3/t19-,20-,22-,23+,24-,25-,26-,27+,28+,29+,30+,32-,33+,34+,35+,36-,37-,38-,39-,40+,41+,42+,43-,44+,45+,46+,47-,48-,49-,50+,51+/m0/s1. The molecular formula is C51H82O25. The van der Waals surface area contributed by atoms with Gasteiger partial charge in [-0.25, -0.2) is 0 Å². The highest BCUT2D eigenvalue weighted by Crippen LogP contribution is 2.69. The predicted molar refractivity (Wildman–Crippen MR) is 252 cm³/mol. The molecule has 25 nitrogen and oxygen atoms in total. The molecule has 9 aliphatic rings. The third-order valence-electron chi connectivity index (χ3n) is 19.4. The number of carbonyl (C=O) groups excluding carboxylic acids is 1. The molecule has 0 aromatic carbocycles. The summed E-state index contributed by atoms with van der Waals surface area (Å²) < 4.78 is 53.1. The van der Waals surface area contributed by atoms with Crippen molar-refractivity contribution in [3.8, 4) is 0 Å². The summed E-state index contributed by atoms with van der Waals surface area (Å²) in [6.07, 6.45) is -27.3. The molecule has 8 fully saturated rings. The number of Topliss-reactive ketones (excluding diaryl/α,β-unsaturated/α-hetero) is 1. The number of ketones is 1. The Kier molecular flexibility index (Phi) is 17.9. The molecule has 5 saturated heterocycles. The molecular weight excluding hydrogens is 1010 g/mol. The third-order valence-corrected chi connectivity index (χ3v) is 19.4. The summed E-state index contributed by atoms with van der Waals surface area (Å²) in [4.78, 5) is 14.7. The molecule has 0 unspecified atom stereocenters. The van der Waals surface area contributed by atoms with Crippen LogP contribution in [0.25, 0.3) is 0 Å². The summed E-state index contributed by atoms with van der Waals surface area (Å²) >= 11 is 0. The average Bonchev–Trinajstić information content (AvgIpc) is 3.85. The Balaban J connectivity index is 0.810. The van der Waals surface area contributed by atoms with E-state index < -0.39 is 167 Å². The van der Waals surface area contributed by atoms with Crippen LogP contribution in [0.3, 0.4) is 0 Å². The van der Waals surface area contributed by atoms with E-state index in [1.54, 1.807) is 0 Å². The zero-order valence-electron chi connectivity index (χ0n) is 43.2. The lowest BCUT2D eigenvalue weighted by molar-refractivity contribution is -0.390. The topological polar surface area (TPSA) is 404 Å². The van der Waals surface area contributed by atoms with E-state index in [0.29, 0.717) is 44.9 Å². The maximum absolute atomic E-state index is 14.7. The molecule has 5 heterocycles. The Morgan fingerprint density at radius 1 is 0.645 bits per heavy atom. The van der Waals surface area contributed by atoms with Crippen molar-refractivity contribution in [3.63, 3.8) is 0 Å². The van der Waals surface area contributed by atoms with Crippen LogP contribution in [0, 0.1) is 46.3 Å². The van der Waals surface area contributed by atoms with Crippen molar-refractivity contribution in [3.05, 3.63) is 11.6 Å². The van der Waals surface area contributed by atoms with Crippen LogP contribution in [0.4, 0.5) is 0 Å². The Morgan fingerprint density at radius 2 is 1.17 bits per heavy atom. The van der Waals surface area contributed by atoms with Gasteiger partial charge in [0.1, 0.15) is 103 Å². The minimum Gasteiger partial charge on any atom is -0.394 e. The van der Waals surface area contributed by atoms with E-state index in [0.717, 1.165) is 5.57 Å². The normalized spacial score (nSPS) is 53.8. The van der Waals surface area contributed by atoms with Gasteiger partial charge in [-0.2, -0.15) is 0 Å². The van der Waals surface area contributed by atoms with Gasteiger partial charge in [-0.1, -0.05) is 39.3 Å². The molecule has 0 radical (unpaired) electrons. The van der Waals surface area contributed by atoms with Crippen LogP contribution in [0.2, 0.25) is 0 Å². The van der Waals surface area contributed by atoms with E-state index in [4.69, 9.17) is 42.6 Å². The van der Waals surface area contributed by atoms with Gasteiger partial charge in [-0.15, -0.1) is 0 Å². The van der Waals surface area contributed by atoms with Crippen molar-refractivity contribution in [2.45, 2.75) is 220 Å². The molecule has 9 rings (SSSR count). The molecule has 4 aliphatic carbocycles. The first-order chi connectivity index (χ1) is 35.9. The van der Waals surface area contributed by atoms with E-state index in [1.165, 1.54) is 0 Å². The van der Waals surface area contributed by atoms with E-state index in [1.807, 2.05) is 20.8 Å². The fraction of sp³-hybridized carbons (Fsp3) is 0.941. The highest BCUT2D eigenvalue weighted by atomic mass is 16.8. The second kappa shape index (κ2) is 23.0. The lowest BCUT2D eigenvalue weighted by Gasteiger charge is -2.57. The lowest BCUT2D eigenvalue weighted by atomic mass is 9.46. The van der Waals surface area contributed by atoms with Crippen LogP contribution in [0.1, 0.15) is 79.1 Å². The van der Waals surface area contributed by atoms with Crippen molar-refractivity contribution in [1.29, 1.82) is 0 Å². The van der Waals surface area contributed by atoms with Crippen molar-refractivity contribution >= 4 is 5.78 Å². The van der Waals surface area contributed by atoms with Crippen molar-refractivity contribution in [2.75, 3.05) is 33.0 Å². The molecule has 0 amide bonds. The third kappa shape index (κ3) is 10.3. The molecule has 31 atom stereocenters. The van der Waals surface area contributed by atoms with Crippen LogP contribution in [0.5, 0.6) is 0 Å². The van der Waals surface area contributed by atoms with Gasteiger partial charge in [0.15, 0.2) is 30.9 Å². The van der Waals surface area contributed by atoms with Gasteiger partial charge in [-0.3, -0.25) is 4.79 Å². The molecule has 15 N–H and O–H groups in total. The van der Waals surface area contributed by atoms with Crippen LogP contribution in [-0.2, 0) is 47.4 Å². The van der Waals surface area contributed by atoms with Gasteiger partial charge < -0.3 is 119 Å². The highest BCUT2D eigenvalue weighted by molar-refractivity contribution is 5.87. The minimum atomic E-state index is -1.94. The fourth-order valence-corrected chi connectivity index (χ4v) is 14.7. The second-order valence-corrected chi connectivity index (χ2v) is 23.7. The smallest absolute Gasteiger partial charge is 0.187 e. The SMILES string of the molecule is C[C@@H](CC[C@@]1(O)O[C@H]2C[C@H]3[C@@H]4CC=C5C[C@@H](O[C@@H]6O[C@H](CO)[C@H](O[C@@H]7O[C@H](CO)[C@@H](O)[C@H](O)[C@H]7O[C@@H]7O[C@H](CO)[C@@H](O)[C@H](O)[C@H]7O)[C@@H](O)[C@H]6O)CC[C@]5(C)[C@H]4CC(=O)[C@]3(C)[C@H]2[C@@H]1C)CO[C@@H]1O[C@H](CO)[C@@H](O)[C@H](O)[C@H]1O. The molecule has 76 heavy (non-hydrogen) atoms. The monoisotopic (exact) mass is 1090 g/mol. The molecule has 3 saturated carbocycles. The highest BCUT2D eigenvalue weighted by Gasteiger charge is 2.71. The average molecular weight is 1100 g/mol. The second-order valence-electron chi connectivity index (χ2n) is 23.7. The van der Waals surface area contributed by atoms with E-state index in [-0.39, 0.29) is 65.8 Å². The van der Waals surface area contributed by atoms with Gasteiger partial charge in [0, 0.05) is 30.1 Å². The number of carbonyl (C=O) groups is 1. The predicted octanol–water partition coefficient (Wildman–Crippen LogP) is -4.86. The first-order valence-corrected chi connectivity index (χ1v) is 27.0. The molecule has 0 aromatic rings. The molecule has 436 valence electrons. The van der Waals surface area contributed by atoms with Gasteiger partial charge in [0.2, 0.25) is 0 Å². The Labute approximate surface area is 439 Å². The Bertz CT molecular complexity index is 2020. The van der Waals surface area contributed by atoms with Crippen LogP contribution in [0.15, 0.2) is 11.6 Å². The van der Waals surface area contributed by atoms with Crippen molar-refractivity contribution in [1.82, 2.24) is 0 Å². The number of rotatable bonds is 16. The quantitative estimate of drug-likeness (QED) is 0.0645. The summed E-state index contributed by atoms with van der Waals surface area (Å²) in [7, 11) is 0. The number of ether oxygens (including phenoxy) is 9. The van der Waals surface area contributed by atoms with E-state index in [9.17, 15) is 81.4 Å². The zero-order valence-corrected chi connectivity index (χ0v) is 43.2. The van der Waals surface area contributed by atoms with Crippen LogP contribution in [-0.4, -0.2) is 256 Å². The van der Waals surface area contributed by atoms with Gasteiger partial charge >= 0.3 is 0 Å².